The molecule has 35 heavy (non-hydrogen) atoms. The van der Waals surface area contributed by atoms with Crippen LogP contribution in [0.15, 0.2) is 42.6 Å². The zero-order chi connectivity index (χ0) is 25.1. The number of aryl methyl sites for hydroxylation is 1. The highest BCUT2D eigenvalue weighted by Gasteiger charge is 2.33. The normalized spacial score (nSPS) is 13.9. The Hall–Kier alpha value is -4.28. The monoisotopic (exact) mass is 481 g/mol. The van der Waals surface area contributed by atoms with Crippen molar-refractivity contribution in [1.29, 1.82) is 0 Å². The SMILES string of the molecule is Cc1cc(-c2ncc3cc(C(F)(F)F)ccc3n2)ccc1N1CCn2nc(C(=O)O)c(C)c2C1=O. The van der Waals surface area contributed by atoms with E-state index in [9.17, 15) is 27.9 Å². The Morgan fingerprint density at radius 3 is 2.54 bits per heavy atom. The van der Waals surface area contributed by atoms with Crippen LogP contribution in [0.25, 0.3) is 22.3 Å². The third kappa shape index (κ3) is 3.78. The molecule has 1 amide bonds. The highest BCUT2D eigenvalue weighted by atomic mass is 19.4. The lowest BCUT2D eigenvalue weighted by atomic mass is 10.1. The minimum absolute atomic E-state index is 0.141. The first kappa shape index (κ1) is 22.5. The fourth-order valence-electron chi connectivity index (χ4n) is 4.29. The van der Waals surface area contributed by atoms with Crippen LogP contribution >= 0.6 is 0 Å². The Bertz CT molecular complexity index is 1530. The Balaban J connectivity index is 1.47. The molecule has 0 aliphatic carbocycles. The highest BCUT2D eigenvalue weighted by molar-refractivity contribution is 6.08. The van der Waals surface area contributed by atoms with Gasteiger partial charge in [-0.3, -0.25) is 9.48 Å². The number of aromatic nitrogens is 4. The standard InChI is InChI=1S/C24H18F3N5O3/c1-12-9-14(21-28-11-15-10-16(24(25,26)27)4-5-17(15)29-21)3-6-18(12)31-7-8-32-20(22(31)33)13(2)19(30-32)23(34)35/h3-6,9-11H,7-8H2,1-2H3,(H,34,35). The molecule has 1 N–H and O–H groups in total. The van der Waals surface area contributed by atoms with E-state index < -0.39 is 17.7 Å². The molecule has 0 radical (unpaired) electrons. The zero-order valence-electron chi connectivity index (χ0n) is 18.6. The van der Waals surface area contributed by atoms with E-state index in [2.05, 4.69) is 15.1 Å². The maximum atomic E-state index is 13.2. The predicted octanol–water partition coefficient (Wildman–Crippen LogP) is 4.49. The summed E-state index contributed by atoms with van der Waals surface area (Å²) in [4.78, 5) is 34.8. The minimum atomic E-state index is -4.45. The molecule has 0 saturated carbocycles. The smallest absolute Gasteiger partial charge is 0.416 e. The average molecular weight is 481 g/mol. The Kier molecular flexibility index (Phi) is 5.08. The van der Waals surface area contributed by atoms with Crippen molar-refractivity contribution >= 4 is 28.5 Å². The van der Waals surface area contributed by atoms with Gasteiger partial charge in [-0.05, 0) is 55.8 Å². The van der Waals surface area contributed by atoms with Crippen molar-refractivity contribution in [3.63, 3.8) is 0 Å². The second-order valence-electron chi connectivity index (χ2n) is 8.27. The summed E-state index contributed by atoms with van der Waals surface area (Å²) in [6, 6.07) is 8.60. The molecule has 5 rings (SSSR count). The second kappa shape index (κ2) is 7.90. The van der Waals surface area contributed by atoms with Gasteiger partial charge in [0.15, 0.2) is 11.5 Å². The molecule has 11 heteroatoms. The van der Waals surface area contributed by atoms with Crippen LogP contribution in [0.3, 0.4) is 0 Å². The number of amides is 1. The molecular weight excluding hydrogens is 463 g/mol. The zero-order valence-corrected chi connectivity index (χ0v) is 18.6. The molecular formula is C24H18F3N5O3. The first-order valence-electron chi connectivity index (χ1n) is 10.6. The summed E-state index contributed by atoms with van der Waals surface area (Å²) in [5.41, 5.74) is 2.10. The summed E-state index contributed by atoms with van der Waals surface area (Å²) in [6.45, 7) is 4.06. The molecule has 2 aromatic carbocycles. The molecule has 0 unspecified atom stereocenters. The maximum Gasteiger partial charge on any atom is 0.416 e. The number of anilines is 1. The molecule has 4 aromatic rings. The van der Waals surface area contributed by atoms with Gasteiger partial charge in [-0.15, -0.1) is 0 Å². The van der Waals surface area contributed by atoms with Crippen LogP contribution in [0.2, 0.25) is 0 Å². The molecule has 3 heterocycles. The summed E-state index contributed by atoms with van der Waals surface area (Å²) in [7, 11) is 0. The van der Waals surface area contributed by atoms with Crippen molar-refractivity contribution in [2.45, 2.75) is 26.6 Å². The minimum Gasteiger partial charge on any atom is -0.476 e. The number of carbonyl (C=O) groups is 2. The number of hydrogen-bond acceptors (Lipinski definition) is 5. The lowest BCUT2D eigenvalue weighted by Gasteiger charge is -2.29. The van der Waals surface area contributed by atoms with Gasteiger partial charge in [-0.2, -0.15) is 18.3 Å². The van der Waals surface area contributed by atoms with Gasteiger partial charge >= 0.3 is 12.1 Å². The van der Waals surface area contributed by atoms with Crippen molar-refractivity contribution in [2.75, 3.05) is 11.4 Å². The lowest BCUT2D eigenvalue weighted by molar-refractivity contribution is -0.137. The van der Waals surface area contributed by atoms with E-state index in [1.54, 1.807) is 30.0 Å². The number of alkyl halides is 3. The van der Waals surface area contributed by atoms with Crippen LogP contribution in [0.1, 0.15) is 37.7 Å². The number of carbonyl (C=O) groups excluding carboxylic acids is 1. The number of nitrogens with zero attached hydrogens (tertiary/aromatic N) is 5. The molecule has 1 aliphatic heterocycles. The lowest BCUT2D eigenvalue weighted by Crippen LogP contribution is -2.41. The number of hydrogen-bond donors (Lipinski definition) is 1. The van der Waals surface area contributed by atoms with E-state index in [0.717, 1.165) is 17.7 Å². The van der Waals surface area contributed by atoms with Crippen molar-refractivity contribution in [2.24, 2.45) is 0 Å². The van der Waals surface area contributed by atoms with E-state index in [-0.39, 0.29) is 22.7 Å². The average Bonchev–Trinajstić information content (AvgIpc) is 3.16. The summed E-state index contributed by atoms with van der Waals surface area (Å²) in [6.07, 6.45) is -3.09. The predicted molar refractivity (Wildman–Crippen MR) is 120 cm³/mol. The van der Waals surface area contributed by atoms with Crippen LogP contribution in [0, 0.1) is 13.8 Å². The van der Waals surface area contributed by atoms with Crippen LogP contribution < -0.4 is 4.90 Å². The fourth-order valence-corrected chi connectivity index (χ4v) is 4.29. The third-order valence-electron chi connectivity index (χ3n) is 6.03. The fraction of sp³-hybridized carbons (Fsp3) is 0.208. The molecule has 0 fully saturated rings. The van der Waals surface area contributed by atoms with Gasteiger partial charge in [0.2, 0.25) is 0 Å². The summed E-state index contributed by atoms with van der Waals surface area (Å²) < 4.78 is 40.3. The first-order valence-corrected chi connectivity index (χ1v) is 10.6. The summed E-state index contributed by atoms with van der Waals surface area (Å²) in [5, 5.41) is 13.6. The summed E-state index contributed by atoms with van der Waals surface area (Å²) >= 11 is 0. The molecule has 178 valence electrons. The second-order valence-corrected chi connectivity index (χ2v) is 8.27. The number of halogens is 3. The van der Waals surface area contributed by atoms with Gasteiger partial charge in [0.1, 0.15) is 5.69 Å². The number of rotatable bonds is 3. The van der Waals surface area contributed by atoms with Crippen LogP contribution in [0.4, 0.5) is 18.9 Å². The first-order chi connectivity index (χ1) is 16.5. The topological polar surface area (TPSA) is 101 Å². The highest BCUT2D eigenvalue weighted by Crippen LogP contribution is 2.33. The van der Waals surface area contributed by atoms with E-state index in [0.29, 0.717) is 41.2 Å². The molecule has 2 aromatic heterocycles. The number of aromatic carboxylic acids is 1. The van der Waals surface area contributed by atoms with E-state index in [4.69, 9.17) is 0 Å². The van der Waals surface area contributed by atoms with Gasteiger partial charge in [0, 0.05) is 34.9 Å². The summed E-state index contributed by atoms with van der Waals surface area (Å²) in [5.74, 6) is -1.18. The van der Waals surface area contributed by atoms with Crippen LogP contribution in [-0.4, -0.2) is 43.3 Å². The van der Waals surface area contributed by atoms with Crippen molar-refractivity contribution in [3.05, 3.63) is 70.7 Å². The van der Waals surface area contributed by atoms with E-state index in [1.165, 1.54) is 16.9 Å². The molecule has 1 aliphatic rings. The van der Waals surface area contributed by atoms with Gasteiger partial charge in [-0.25, -0.2) is 14.8 Å². The largest absolute Gasteiger partial charge is 0.476 e. The molecule has 0 bridgehead atoms. The van der Waals surface area contributed by atoms with Crippen molar-refractivity contribution in [3.8, 4) is 11.4 Å². The van der Waals surface area contributed by atoms with Crippen molar-refractivity contribution < 1.29 is 27.9 Å². The van der Waals surface area contributed by atoms with Crippen LogP contribution in [0.5, 0.6) is 0 Å². The van der Waals surface area contributed by atoms with E-state index >= 15 is 0 Å². The van der Waals surface area contributed by atoms with Crippen LogP contribution in [-0.2, 0) is 12.7 Å². The quantitative estimate of drug-likeness (QED) is 0.463. The number of carboxylic acids is 1. The molecule has 0 atom stereocenters. The Labute approximate surface area is 196 Å². The van der Waals surface area contributed by atoms with Crippen molar-refractivity contribution in [1.82, 2.24) is 19.7 Å². The number of fused-ring (bicyclic) bond motifs is 2. The van der Waals surface area contributed by atoms with Gasteiger partial charge in [0.05, 0.1) is 17.6 Å². The van der Waals surface area contributed by atoms with Gasteiger partial charge < -0.3 is 10.0 Å². The molecule has 8 nitrogen and oxygen atoms in total. The van der Waals surface area contributed by atoms with E-state index in [1.807, 2.05) is 6.92 Å². The van der Waals surface area contributed by atoms with Gasteiger partial charge in [0.25, 0.3) is 5.91 Å². The number of benzene rings is 2. The molecule has 0 spiro atoms. The third-order valence-corrected chi connectivity index (χ3v) is 6.03. The Morgan fingerprint density at radius 2 is 1.86 bits per heavy atom. The Morgan fingerprint density at radius 1 is 1.09 bits per heavy atom. The van der Waals surface area contributed by atoms with Gasteiger partial charge in [-0.1, -0.05) is 0 Å². The molecule has 0 saturated heterocycles. The number of carboxylic acid groups (broad SMARTS) is 1. The maximum absolute atomic E-state index is 13.2.